The lowest BCUT2D eigenvalue weighted by molar-refractivity contribution is -0.129. The predicted molar refractivity (Wildman–Crippen MR) is 82.0 cm³/mol. The van der Waals surface area contributed by atoms with E-state index in [0.717, 1.165) is 42.1 Å². The Hall–Kier alpha value is -1.49. The molecule has 20 heavy (non-hydrogen) atoms. The Morgan fingerprint density at radius 1 is 1.40 bits per heavy atom. The summed E-state index contributed by atoms with van der Waals surface area (Å²) in [5, 5.41) is 0.736. The van der Waals surface area contributed by atoms with E-state index in [1.807, 2.05) is 17.9 Å². The van der Waals surface area contributed by atoms with E-state index in [2.05, 4.69) is 29.0 Å². The molecule has 0 saturated carbocycles. The Balaban J connectivity index is 1.73. The van der Waals surface area contributed by atoms with Gasteiger partial charge in [-0.25, -0.2) is 4.98 Å². The number of nitrogens with zero attached hydrogens (tertiary/aromatic N) is 2. The van der Waals surface area contributed by atoms with Gasteiger partial charge >= 0.3 is 0 Å². The second kappa shape index (κ2) is 5.48. The van der Waals surface area contributed by atoms with Crippen LogP contribution in [0, 0.1) is 6.92 Å². The van der Waals surface area contributed by atoms with Crippen molar-refractivity contribution in [1.82, 2.24) is 14.9 Å². The van der Waals surface area contributed by atoms with Gasteiger partial charge in [0.15, 0.2) is 5.16 Å². The molecule has 1 atom stereocenters. The molecular weight excluding hydrogens is 270 g/mol. The number of amides is 1. The molecule has 1 fully saturated rings. The van der Waals surface area contributed by atoms with E-state index < -0.39 is 0 Å². The minimum absolute atomic E-state index is 0.0882. The van der Waals surface area contributed by atoms with Gasteiger partial charge in [0.25, 0.3) is 0 Å². The van der Waals surface area contributed by atoms with Gasteiger partial charge in [-0.3, -0.25) is 4.79 Å². The second-order valence-corrected chi connectivity index (χ2v) is 6.68. The van der Waals surface area contributed by atoms with Gasteiger partial charge in [0.05, 0.1) is 16.3 Å². The summed E-state index contributed by atoms with van der Waals surface area (Å²) >= 11 is 1.51. The maximum Gasteiger partial charge on any atom is 0.235 e. The Labute approximate surface area is 123 Å². The highest BCUT2D eigenvalue weighted by molar-refractivity contribution is 8.00. The van der Waals surface area contributed by atoms with Crippen LogP contribution in [0.25, 0.3) is 11.0 Å². The molecule has 1 amide bonds. The number of benzene rings is 1. The summed E-state index contributed by atoms with van der Waals surface area (Å²) in [6.45, 7) is 5.84. The first-order valence-corrected chi connectivity index (χ1v) is 7.93. The molecular formula is C15H19N3OS. The summed E-state index contributed by atoms with van der Waals surface area (Å²) in [6.07, 6.45) is 2.26. The van der Waals surface area contributed by atoms with Gasteiger partial charge in [-0.15, -0.1) is 0 Å². The van der Waals surface area contributed by atoms with Crippen molar-refractivity contribution >= 4 is 28.7 Å². The molecule has 2 heterocycles. The number of thioether (sulfide) groups is 1. The number of fused-ring (bicyclic) bond motifs is 1. The van der Waals surface area contributed by atoms with Gasteiger partial charge in [0.2, 0.25) is 5.91 Å². The lowest BCUT2D eigenvalue weighted by atomic mass is 10.2. The van der Waals surface area contributed by atoms with Gasteiger partial charge in [-0.05, 0) is 44.4 Å². The molecule has 3 rings (SSSR count). The maximum absolute atomic E-state index is 12.3. The average molecular weight is 289 g/mol. The van der Waals surface area contributed by atoms with Crippen LogP contribution in [-0.4, -0.2) is 39.1 Å². The molecule has 1 N–H and O–H groups in total. The standard InChI is InChI=1S/C15H19N3OS/c1-10-5-6-12-13(9-10)17-15(16-12)20-11(2)14(19)18-7-3-4-8-18/h5-6,9,11H,3-4,7-8H2,1-2H3,(H,16,17)/t11-/m1/s1. The maximum atomic E-state index is 12.3. The molecule has 1 aromatic heterocycles. The zero-order valence-electron chi connectivity index (χ0n) is 11.8. The largest absolute Gasteiger partial charge is 0.342 e. The normalized spacial score (nSPS) is 16.8. The van der Waals surface area contributed by atoms with Crippen molar-refractivity contribution in [3.63, 3.8) is 0 Å². The quantitative estimate of drug-likeness (QED) is 0.884. The average Bonchev–Trinajstić information content (AvgIpc) is 3.05. The van der Waals surface area contributed by atoms with Crippen molar-refractivity contribution < 1.29 is 4.79 Å². The number of hydrogen-bond acceptors (Lipinski definition) is 3. The molecule has 0 unspecified atom stereocenters. The first-order valence-electron chi connectivity index (χ1n) is 7.05. The van der Waals surface area contributed by atoms with Crippen LogP contribution in [0.5, 0.6) is 0 Å². The molecule has 0 radical (unpaired) electrons. The van der Waals surface area contributed by atoms with Crippen molar-refractivity contribution in [3.8, 4) is 0 Å². The Morgan fingerprint density at radius 3 is 2.90 bits per heavy atom. The molecule has 0 spiro atoms. The van der Waals surface area contributed by atoms with Crippen molar-refractivity contribution in [2.75, 3.05) is 13.1 Å². The van der Waals surface area contributed by atoms with E-state index >= 15 is 0 Å². The number of imidazole rings is 1. The predicted octanol–water partition coefficient (Wildman–Crippen LogP) is 2.97. The number of aromatic nitrogens is 2. The molecule has 1 saturated heterocycles. The summed E-state index contributed by atoms with van der Waals surface area (Å²) in [6, 6.07) is 6.15. The highest BCUT2D eigenvalue weighted by Crippen LogP contribution is 2.25. The Bertz CT molecular complexity index is 631. The number of aromatic amines is 1. The minimum Gasteiger partial charge on any atom is -0.342 e. The van der Waals surface area contributed by atoms with Crippen molar-refractivity contribution in [2.45, 2.75) is 37.1 Å². The Morgan fingerprint density at radius 2 is 2.15 bits per heavy atom. The van der Waals surface area contributed by atoms with E-state index in [9.17, 15) is 4.79 Å². The van der Waals surface area contributed by atoms with E-state index in [0.29, 0.717) is 0 Å². The zero-order chi connectivity index (χ0) is 14.1. The van der Waals surface area contributed by atoms with Crippen molar-refractivity contribution in [2.24, 2.45) is 0 Å². The third-order valence-corrected chi connectivity index (χ3v) is 4.64. The monoisotopic (exact) mass is 289 g/mol. The first kappa shape index (κ1) is 13.5. The number of H-pyrrole nitrogens is 1. The SMILES string of the molecule is Cc1ccc2nc(S[C@H](C)C(=O)N3CCCC3)[nH]c2c1. The number of carbonyl (C=O) groups excluding carboxylic acids is 1. The molecule has 106 valence electrons. The van der Waals surface area contributed by atoms with Crippen LogP contribution in [0.15, 0.2) is 23.4 Å². The number of hydrogen-bond donors (Lipinski definition) is 1. The molecule has 2 aromatic rings. The summed E-state index contributed by atoms with van der Waals surface area (Å²) in [5.41, 5.74) is 3.20. The smallest absolute Gasteiger partial charge is 0.235 e. The van der Waals surface area contributed by atoms with Gasteiger partial charge in [0.1, 0.15) is 0 Å². The summed E-state index contributed by atoms with van der Waals surface area (Å²) in [5.74, 6) is 0.226. The Kier molecular flexibility index (Phi) is 3.70. The lowest BCUT2D eigenvalue weighted by Crippen LogP contribution is -2.34. The van der Waals surface area contributed by atoms with Gasteiger partial charge in [0, 0.05) is 13.1 Å². The van der Waals surface area contributed by atoms with E-state index in [1.165, 1.54) is 17.3 Å². The first-order chi connectivity index (χ1) is 9.63. The third kappa shape index (κ3) is 2.68. The highest BCUT2D eigenvalue weighted by Gasteiger charge is 2.24. The number of aryl methyl sites for hydroxylation is 1. The molecule has 5 heteroatoms. The summed E-state index contributed by atoms with van der Waals surface area (Å²) in [4.78, 5) is 22.1. The summed E-state index contributed by atoms with van der Waals surface area (Å²) < 4.78 is 0. The van der Waals surface area contributed by atoms with E-state index in [1.54, 1.807) is 0 Å². The molecule has 0 bridgehead atoms. The van der Waals surface area contributed by atoms with Crippen molar-refractivity contribution in [1.29, 1.82) is 0 Å². The van der Waals surface area contributed by atoms with Crippen LogP contribution < -0.4 is 0 Å². The topological polar surface area (TPSA) is 49.0 Å². The fourth-order valence-electron chi connectivity index (χ4n) is 2.57. The zero-order valence-corrected chi connectivity index (χ0v) is 12.7. The van der Waals surface area contributed by atoms with E-state index in [4.69, 9.17) is 0 Å². The van der Waals surface area contributed by atoms with Crippen LogP contribution in [0.2, 0.25) is 0 Å². The number of carbonyl (C=O) groups is 1. The van der Waals surface area contributed by atoms with Crippen LogP contribution in [-0.2, 0) is 4.79 Å². The van der Waals surface area contributed by atoms with Gasteiger partial charge in [-0.2, -0.15) is 0 Å². The fraction of sp³-hybridized carbons (Fsp3) is 0.467. The van der Waals surface area contributed by atoms with Crippen LogP contribution in [0.3, 0.4) is 0 Å². The second-order valence-electron chi connectivity index (χ2n) is 5.36. The molecule has 1 aliphatic heterocycles. The van der Waals surface area contributed by atoms with Gasteiger partial charge in [-0.1, -0.05) is 17.8 Å². The fourth-order valence-corrected chi connectivity index (χ4v) is 3.47. The van der Waals surface area contributed by atoms with Gasteiger partial charge < -0.3 is 9.88 Å². The number of likely N-dealkylation sites (tertiary alicyclic amines) is 1. The molecule has 4 nitrogen and oxygen atoms in total. The van der Waals surface area contributed by atoms with E-state index in [-0.39, 0.29) is 11.2 Å². The number of nitrogens with one attached hydrogen (secondary N) is 1. The highest BCUT2D eigenvalue weighted by atomic mass is 32.2. The van der Waals surface area contributed by atoms with Crippen molar-refractivity contribution in [3.05, 3.63) is 23.8 Å². The van der Waals surface area contributed by atoms with Crippen LogP contribution in [0.1, 0.15) is 25.3 Å². The number of rotatable bonds is 3. The lowest BCUT2D eigenvalue weighted by Gasteiger charge is -2.19. The van der Waals surface area contributed by atoms with Crippen LogP contribution >= 0.6 is 11.8 Å². The molecule has 1 aliphatic rings. The molecule has 1 aromatic carbocycles. The minimum atomic E-state index is -0.0882. The summed E-state index contributed by atoms with van der Waals surface area (Å²) in [7, 11) is 0. The molecule has 0 aliphatic carbocycles. The third-order valence-electron chi connectivity index (χ3n) is 3.67. The van der Waals surface area contributed by atoms with Crippen LogP contribution in [0.4, 0.5) is 0 Å².